The first-order valence-electron chi connectivity index (χ1n) is 6.88. The van der Waals surface area contributed by atoms with Gasteiger partial charge in [-0.25, -0.2) is 4.39 Å². The molecule has 0 fully saturated rings. The lowest BCUT2D eigenvalue weighted by Crippen LogP contribution is -2.19. The third-order valence-electron chi connectivity index (χ3n) is 2.97. The van der Waals surface area contributed by atoms with Crippen molar-refractivity contribution in [2.24, 2.45) is 0 Å². The fourth-order valence-electron chi connectivity index (χ4n) is 1.93. The molecule has 0 spiro atoms. The maximum absolute atomic E-state index is 13.9. The van der Waals surface area contributed by atoms with Gasteiger partial charge in [0.15, 0.2) is 11.6 Å². The smallest absolute Gasteiger partial charge is 0.165 e. The number of nitrogens with one attached hydrogen (secondary N) is 1. The summed E-state index contributed by atoms with van der Waals surface area (Å²) in [4.78, 5) is 0. The second-order valence-corrected chi connectivity index (χ2v) is 4.52. The summed E-state index contributed by atoms with van der Waals surface area (Å²) in [6.45, 7) is 2.81. The van der Waals surface area contributed by atoms with Crippen LogP contribution in [0.15, 0.2) is 36.7 Å². The Morgan fingerprint density at radius 2 is 2.19 bits per heavy atom. The van der Waals surface area contributed by atoms with Gasteiger partial charge in [0.1, 0.15) is 6.61 Å². The second kappa shape index (κ2) is 8.39. The van der Waals surface area contributed by atoms with E-state index in [1.807, 2.05) is 18.3 Å². The molecule has 1 heterocycles. The van der Waals surface area contributed by atoms with E-state index in [4.69, 9.17) is 9.47 Å². The lowest BCUT2D eigenvalue weighted by atomic mass is 10.2. The number of halogens is 1. The molecule has 114 valence electrons. The number of hydrogen-bond acceptors (Lipinski definition) is 4. The van der Waals surface area contributed by atoms with Crippen molar-refractivity contribution in [3.63, 3.8) is 0 Å². The molecule has 21 heavy (non-hydrogen) atoms. The first-order chi connectivity index (χ1) is 10.3. The lowest BCUT2D eigenvalue weighted by Gasteiger charge is -2.13. The molecule has 0 amide bonds. The van der Waals surface area contributed by atoms with Crippen molar-refractivity contribution in [2.75, 3.05) is 26.9 Å². The molecule has 0 unspecified atom stereocenters. The number of hydrogen-bond donors (Lipinski definition) is 1. The summed E-state index contributed by atoms with van der Waals surface area (Å²) in [6.07, 6.45) is 3.55. The second-order valence-electron chi connectivity index (χ2n) is 4.52. The van der Waals surface area contributed by atoms with E-state index in [0.717, 1.165) is 5.56 Å². The fraction of sp³-hybridized carbons (Fsp3) is 0.400. The predicted molar refractivity (Wildman–Crippen MR) is 77.7 cm³/mol. The summed E-state index contributed by atoms with van der Waals surface area (Å²) in [5.74, 6) is -0.0453. The summed E-state index contributed by atoms with van der Waals surface area (Å²) in [5.41, 5.74) is 0.798. The predicted octanol–water partition coefficient (Wildman–Crippen LogP) is 1.84. The summed E-state index contributed by atoms with van der Waals surface area (Å²) in [6, 6.07) is 6.78. The molecule has 6 heteroatoms. The Morgan fingerprint density at radius 1 is 1.29 bits per heavy atom. The van der Waals surface area contributed by atoms with Crippen LogP contribution in [0.5, 0.6) is 5.75 Å². The topological polar surface area (TPSA) is 48.3 Å². The summed E-state index contributed by atoms with van der Waals surface area (Å²) >= 11 is 0. The van der Waals surface area contributed by atoms with Gasteiger partial charge in [0, 0.05) is 38.2 Å². The van der Waals surface area contributed by atoms with E-state index in [1.54, 1.807) is 24.1 Å². The van der Waals surface area contributed by atoms with Crippen LogP contribution in [0, 0.1) is 5.82 Å². The van der Waals surface area contributed by atoms with Crippen molar-refractivity contribution < 1.29 is 13.9 Å². The SMILES string of the molecule is COCCNCc1cccc(F)c1OCCn1cccn1. The number of nitrogens with zero attached hydrogens (tertiary/aromatic N) is 2. The molecular weight excluding hydrogens is 273 g/mol. The number of methoxy groups -OCH3 is 1. The van der Waals surface area contributed by atoms with Crippen LogP contribution in [0.4, 0.5) is 4.39 Å². The van der Waals surface area contributed by atoms with E-state index in [2.05, 4.69) is 10.4 Å². The average molecular weight is 293 g/mol. The van der Waals surface area contributed by atoms with E-state index in [0.29, 0.717) is 38.6 Å². The molecule has 2 rings (SSSR count). The van der Waals surface area contributed by atoms with Gasteiger partial charge in [0.25, 0.3) is 0 Å². The molecule has 0 atom stereocenters. The largest absolute Gasteiger partial charge is 0.488 e. The molecule has 1 N–H and O–H groups in total. The van der Waals surface area contributed by atoms with Crippen LogP contribution in [0.2, 0.25) is 0 Å². The van der Waals surface area contributed by atoms with Crippen molar-refractivity contribution in [1.82, 2.24) is 15.1 Å². The number of benzene rings is 1. The Bertz CT molecular complexity index is 532. The number of ether oxygens (including phenoxy) is 2. The normalized spacial score (nSPS) is 10.8. The Kier molecular flexibility index (Phi) is 6.18. The van der Waals surface area contributed by atoms with E-state index < -0.39 is 0 Å². The van der Waals surface area contributed by atoms with Crippen LogP contribution in [0.1, 0.15) is 5.56 Å². The zero-order valence-corrected chi connectivity index (χ0v) is 12.1. The Balaban J connectivity index is 1.90. The molecule has 0 saturated heterocycles. The van der Waals surface area contributed by atoms with Gasteiger partial charge in [0.05, 0.1) is 13.2 Å². The van der Waals surface area contributed by atoms with E-state index >= 15 is 0 Å². The minimum Gasteiger partial charge on any atom is -0.488 e. The molecule has 0 aliphatic rings. The Morgan fingerprint density at radius 3 is 2.95 bits per heavy atom. The standard InChI is InChI=1S/C15H20FN3O2/c1-20-10-7-17-12-13-4-2-5-14(16)15(13)21-11-9-19-8-3-6-18-19/h2-6,8,17H,7,9-12H2,1H3. The Hall–Kier alpha value is -1.92. The van der Waals surface area contributed by atoms with Gasteiger partial charge in [0.2, 0.25) is 0 Å². The molecule has 0 bridgehead atoms. The van der Waals surface area contributed by atoms with Gasteiger partial charge in [-0.1, -0.05) is 12.1 Å². The van der Waals surface area contributed by atoms with Crippen molar-refractivity contribution in [1.29, 1.82) is 0 Å². The van der Waals surface area contributed by atoms with Crippen molar-refractivity contribution >= 4 is 0 Å². The van der Waals surface area contributed by atoms with Crippen LogP contribution in [-0.4, -0.2) is 36.6 Å². The van der Waals surface area contributed by atoms with E-state index in [9.17, 15) is 4.39 Å². The van der Waals surface area contributed by atoms with Gasteiger partial charge >= 0.3 is 0 Å². The van der Waals surface area contributed by atoms with Crippen LogP contribution in [-0.2, 0) is 17.8 Å². The van der Waals surface area contributed by atoms with Crippen LogP contribution in [0.25, 0.3) is 0 Å². The molecule has 5 nitrogen and oxygen atoms in total. The summed E-state index contributed by atoms with van der Waals surface area (Å²) in [5, 5.41) is 7.26. The molecule has 0 aliphatic carbocycles. The molecule has 1 aromatic carbocycles. The maximum atomic E-state index is 13.9. The maximum Gasteiger partial charge on any atom is 0.165 e. The quantitative estimate of drug-likeness (QED) is 0.717. The molecule has 0 saturated carbocycles. The highest BCUT2D eigenvalue weighted by molar-refractivity contribution is 5.34. The lowest BCUT2D eigenvalue weighted by molar-refractivity contribution is 0.199. The fourth-order valence-corrected chi connectivity index (χ4v) is 1.93. The molecule has 0 aliphatic heterocycles. The minimum absolute atomic E-state index is 0.301. The van der Waals surface area contributed by atoms with Crippen molar-refractivity contribution in [3.05, 3.63) is 48.0 Å². The molecule has 0 radical (unpaired) electrons. The van der Waals surface area contributed by atoms with Crippen LogP contribution < -0.4 is 10.1 Å². The van der Waals surface area contributed by atoms with Gasteiger partial charge in [-0.15, -0.1) is 0 Å². The van der Waals surface area contributed by atoms with E-state index in [1.165, 1.54) is 6.07 Å². The third kappa shape index (κ3) is 4.84. The van der Waals surface area contributed by atoms with Gasteiger partial charge in [-0.05, 0) is 12.1 Å². The highest BCUT2D eigenvalue weighted by Gasteiger charge is 2.09. The van der Waals surface area contributed by atoms with Crippen LogP contribution in [0.3, 0.4) is 0 Å². The zero-order valence-electron chi connectivity index (χ0n) is 12.1. The zero-order chi connectivity index (χ0) is 14.9. The highest BCUT2D eigenvalue weighted by atomic mass is 19.1. The molecular formula is C15H20FN3O2. The van der Waals surface area contributed by atoms with Crippen molar-refractivity contribution in [3.8, 4) is 5.75 Å². The van der Waals surface area contributed by atoms with Gasteiger partial charge in [-0.2, -0.15) is 5.10 Å². The first-order valence-corrected chi connectivity index (χ1v) is 6.88. The van der Waals surface area contributed by atoms with E-state index in [-0.39, 0.29) is 5.82 Å². The Labute approximate surface area is 123 Å². The van der Waals surface area contributed by atoms with Gasteiger partial charge in [-0.3, -0.25) is 4.68 Å². The highest BCUT2D eigenvalue weighted by Crippen LogP contribution is 2.22. The molecule has 2 aromatic rings. The summed E-state index contributed by atoms with van der Waals surface area (Å²) in [7, 11) is 1.65. The number of aromatic nitrogens is 2. The number of para-hydroxylation sites is 1. The average Bonchev–Trinajstić information content (AvgIpc) is 2.99. The molecule has 1 aromatic heterocycles. The minimum atomic E-state index is -0.346. The third-order valence-corrected chi connectivity index (χ3v) is 2.97. The van der Waals surface area contributed by atoms with Crippen molar-refractivity contribution in [2.45, 2.75) is 13.1 Å². The number of rotatable bonds is 9. The monoisotopic (exact) mass is 293 g/mol. The first kappa shape index (κ1) is 15.5. The van der Waals surface area contributed by atoms with Gasteiger partial charge < -0.3 is 14.8 Å². The van der Waals surface area contributed by atoms with Crippen LogP contribution >= 0.6 is 0 Å². The summed E-state index contributed by atoms with van der Waals surface area (Å²) < 4.78 is 26.2.